The van der Waals surface area contributed by atoms with Crippen molar-refractivity contribution in [3.05, 3.63) is 29.3 Å². The Morgan fingerprint density at radius 3 is 2.50 bits per heavy atom. The number of nitrogens with zero attached hydrogens (tertiary/aromatic N) is 1. The number of aryl methyl sites for hydroxylation is 1. The first-order valence-corrected chi connectivity index (χ1v) is 10.4. The smallest absolute Gasteiger partial charge is 0.191 e. The van der Waals surface area contributed by atoms with Gasteiger partial charge in [0.25, 0.3) is 0 Å². The monoisotopic (exact) mass is 393 g/mol. The van der Waals surface area contributed by atoms with E-state index in [1.165, 1.54) is 0 Å². The highest BCUT2D eigenvalue weighted by atomic mass is 16.5. The van der Waals surface area contributed by atoms with E-state index in [1.807, 2.05) is 6.92 Å². The second-order valence-electron chi connectivity index (χ2n) is 7.22. The summed E-state index contributed by atoms with van der Waals surface area (Å²) in [6, 6.07) is 6.21. The molecule has 0 bridgehead atoms. The van der Waals surface area contributed by atoms with Crippen LogP contribution in [-0.4, -0.2) is 51.1 Å². The Balaban J connectivity index is 2.83. The van der Waals surface area contributed by atoms with Crippen LogP contribution in [0.25, 0.3) is 0 Å². The molecule has 0 amide bonds. The predicted octanol–water partition coefficient (Wildman–Crippen LogP) is 3.26. The van der Waals surface area contributed by atoms with Gasteiger partial charge in [-0.15, -0.1) is 0 Å². The first kappa shape index (κ1) is 24.2. The van der Waals surface area contributed by atoms with Crippen molar-refractivity contribution >= 4 is 5.96 Å². The van der Waals surface area contributed by atoms with Gasteiger partial charge in [-0.25, -0.2) is 4.99 Å². The van der Waals surface area contributed by atoms with Crippen LogP contribution in [0.5, 0.6) is 5.75 Å². The second-order valence-corrected chi connectivity index (χ2v) is 7.22. The zero-order chi connectivity index (χ0) is 20.8. The minimum Gasteiger partial charge on any atom is -0.493 e. The van der Waals surface area contributed by atoms with Crippen LogP contribution < -0.4 is 15.4 Å². The standard InChI is InChI=1S/C22H39N3O3/c1-6-22(7-2,17-26)16-25-21(23-8-3)24-15-19-11-10-18(4)14-20(19)28-13-9-12-27-5/h10-11,14,26H,6-9,12-13,15-17H2,1-5H3,(H2,23,24,25). The largest absolute Gasteiger partial charge is 0.493 e. The van der Waals surface area contributed by atoms with Gasteiger partial charge in [-0.05, 0) is 38.3 Å². The van der Waals surface area contributed by atoms with E-state index in [0.717, 1.165) is 48.6 Å². The number of nitrogens with one attached hydrogen (secondary N) is 2. The van der Waals surface area contributed by atoms with Gasteiger partial charge < -0.3 is 25.2 Å². The summed E-state index contributed by atoms with van der Waals surface area (Å²) >= 11 is 0. The topological polar surface area (TPSA) is 75.1 Å². The third-order valence-corrected chi connectivity index (χ3v) is 5.19. The molecule has 6 nitrogen and oxygen atoms in total. The molecule has 0 atom stereocenters. The number of hydrogen-bond acceptors (Lipinski definition) is 4. The summed E-state index contributed by atoms with van der Waals surface area (Å²) in [5, 5.41) is 16.5. The molecule has 0 aliphatic rings. The molecule has 1 aromatic rings. The van der Waals surface area contributed by atoms with Gasteiger partial charge in [-0.1, -0.05) is 26.0 Å². The molecule has 1 aromatic carbocycles. The van der Waals surface area contributed by atoms with Gasteiger partial charge >= 0.3 is 0 Å². The van der Waals surface area contributed by atoms with Crippen LogP contribution in [0.1, 0.15) is 51.2 Å². The zero-order valence-electron chi connectivity index (χ0n) is 18.3. The van der Waals surface area contributed by atoms with Gasteiger partial charge in [0, 0.05) is 44.2 Å². The van der Waals surface area contributed by atoms with E-state index in [0.29, 0.717) is 26.3 Å². The van der Waals surface area contributed by atoms with Crippen LogP contribution in [0.3, 0.4) is 0 Å². The summed E-state index contributed by atoms with van der Waals surface area (Å²) in [7, 11) is 1.70. The fourth-order valence-corrected chi connectivity index (χ4v) is 2.87. The van der Waals surface area contributed by atoms with Crippen molar-refractivity contribution in [1.82, 2.24) is 10.6 Å². The van der Waals surface area contributed by atoms with Gasteiger partial charge in [0.1, 0.15) is 5.75 Å². The number of ether oxygens (including phenoxy) is 2. The summed E-state index contributed by atoms with van der Waals surface area (Å²) in [4.78, 5) is 4.73. The van der Waals surface area contributed by atoms with Crippen molar-refractivity contribution in [1.29, 1.82) is 0 Å². The maximum atomic E-state index is 9.78. The summed E-state index contributed by atoms with van der Waals surface area (Å²) in [6.07, 6.45) is 2.70. The molecule has 0 aromatic heterocycles. The Labute approximate surface area is 170 Å². The van der Waals surface area contributed by atoms with Crippen LogP contribution in [-0.2, 0) is 11.3 Å². The minimum absolute atomic E-state index is 0.115. The van der Waals surface area contributed by atoms with Gasteiger partial charge in [0.05, 0.1) is 19.8 Å². The highest BCUT2D eigenvalue weighted by molar-refractivity contribution is 5.79. The highest BCUT2D eigenvalue weighted by Crippen LogP contribution is 2.24. The molecule has 0 saturated heterocycles. The third-order valence-electron chi connectivity index (χ3n) is 5.19. The lowest BCUT2D eigenvalue weighted by Gasteiger charge is -2.30. The Bertz CT molecular complexity index is 578. The molecule has 28 heavy (non-hydrogen) atoms. The molecule has 0 aliphatic heterocycles. The molecular weight excluding hydrogens is 354 g/mol. The molecule has 0 spiro atoms. The van der Waals surface area contributed by atoms with E-state index < -0.39 is 0 Å². The van der Waals surface area contributed by atoms with E-state index in [4.69, 9.17) is 14.5 Å². The van der Waals surface area contributed by atoms with Crippen LogP contribution in [0, 0.1) is 12.3 Å². The van der Waals surface area contributed by atoms with Gasteiger partial charge in [0.2, 0.25) is 0 Å². The van der Waals surface area contributed by atoms with Crippen LogP contribution in [0.4, 0.5) is 0 Å². The van der Waals surface area contributed by atoms with Crippen molar-refractivity contribution in [3.8, 4) is 5.75 Å². The van der Waals surface area contributed by atoms with Crippen LogP contribution in [0.2, 0.25) is 0 Å². The molecule has 0 unspecified atom stereocenters. The van der Waals surface area contributed by atoms with E-state index >= 15 is 0 Å². The maximum Gasteiger partial charge on any atom is 0.191 e. The fourth-order valence-electron chi connectivity index (χ4n) is 2.87. The molecule has 6 heteroatoms. The Morgan fingerprint density at radius 2 is 1.89 bits per heavy atom. The first-order valence-electron chi connectivity index (χ1n) is 10.4. The van der Waals surface area contributed by atoms with Crippen molar-refractivity contribution in [2.75, 3.05) is 40.0 Å². The molecule has 0 radical (unpaired) electrons. The van der Waals surface area contributed by atoms with E-state index in [9.17, 15) is 5.11 Å². The van der Waals surface area contributed by atoms with Crippen molar-refractivity contribution < 1.29 is 14.6 Å². The summed E-state index contributed by atoms with van der Waals surface area (Å²) in [5.41, 5.74) is 2.10. The van der Waals surface area contributed by atoms with Crippen LogP contribution in [0.15, 0.2) is 23.2 Å². The van der Waals surface area contributed by atoms with Crippen molar-refractivity contribution in [3.63, 3.8) is 0 Å². The number of guanidine groups is 1. The molecule has 0 fully saturated rings. The van der Waals surface area contributed by atoms with E-state index in [1.54, 1.807) is 7.11 Å². The lowest BCUT2D eigenvalue weighted by Crippen LogP contribution is -2.44. The second kappa shape index (κ2) is 13.4. The molecule has 160 valence electrons. The number of hydrogen-bond donors (Lipinski definition) is 3. The van der Waals surface area contributed by atoms with Crippen molar-refractivity contribution in [2.45, 2.75) is 53.5 Å². The van der Waals surface area contributed by atoms with E-state index in [2.05, 4.69) is 49.6 Å². The molecule has 3 N–H and O–H groups in total. The molecule has 0 aliphatic carbocycles. The Hall–Kier alpha value is -1.79. The number of methoxy groups -OCH3 is 1. The number of aliphatic imine (C=N–C) groups is 1. The lowest BCUT2D eigenvalue weighted by atomic mass is 9.83. The molecular formula is C22H39N3O3. The Kier molecular flexibility index (Phi) is 11.6. The summed E-state index contributed by atoms with van der Waals surface area (Å²) in [5.74, 6) is 1.63. The van der Waals surface area contributed by atoms with Gasteiger partial charge in [-0.3, -0.25) is 0 Å². The predicted molar refractivity (Wildman–Crippen MR) is 116 cm³/mol. The molecule has 0 heterocycles. The summed E-state index contributed by atoms with van der Waals surface area (Å²) in [6.45, 7) is 11.8. The number of aliphatic hydroxyl groups excluding tert-OH is 1. The average Bonchev–Trinajstić information content (AvgIpc) is 2.71. The zero-order valence-corrected chi connectivity index (χ0v) is 18.3. The van der Waals surface area contributed by atoms with Gasteiger partial charge in [0.15, 0.2) is 5.96 Å². The highest BCUT2D eigenvalue weighted by Gasteiger charge is 2.25. The van der Waals surface area contributed by atoms with Gasteiger partial charge in [-0.2, -0.15) is 0 Å². The SMILES string of the molecule is CCNC(=NCc1ccc(C)cc1OCCCOC)NCC(CC)(CC)CO. The quantitative estimate of drug-likeness (QED) is 0.272. The fraction of sp³-hybridized carbons (Fsp3) is 0.682. The van der Waals surface area contributed by atoms with E-state index in [-0.39, 0.29) is 12.0 Å². The molecule has 0 saturated carbocycles. The minimum atomic E-state index is -0.115. The Morgan fingerprint density at radius 1 is 1.14 bits per heavy atom. The lowest BCUT2D eigenvalue weighted by molar-refractivity contribution is 0.118. The first-order chi connectivity index (χ1) is 13.5. The molecule has 1 rings (SSSR count). The average molecular weight is 394 g/mol. The van der Waals surface area contributed by atoms with Crippen LogP contribution >= 0.6 is 0 Å². The maximum absolute atomic E-state index is 9.78. The van der Waals surface area contributed by atoms with Crippen molar-refractivity contribution in [2.24, 2.45) is 10.4 Å². The summed E-state index contributed by atoms with van der Waals surface area (Å²) < 4.78 is 11.0. The number of rotatable bonds is 13. The number of benzene rings is 1. The normalized spacial score (nSPS) is 12.1. The third kappa shape index (κ3) is 8.07. The number of aliphatic hydroxyl groups is 1.